The maximum absolute atomic E-state index is 11.8. The van der Waals surface area contributed by atoms with Crippen molar-refractivity contribution < 1.29 is 9.53 Å². The molecule has 1 aliphatic carbocycles. The van der Waals surface area contributed by atoms with Crippen LogP contribution in [0.3, 0.4) is 0 Å². The SMILES string of the molecule is NC1CCCCC1CNC(=O)CCOc1ccccc1. The Morgan fingerprint density at radius 1 is 1.25 bits per heavy atom. The van der Waals surface area contributed by atoms with E-state index < -0.39 is 0 Å². The highest BCUT2D eigenvalue weighted by atomic mass is 16.5. The smallest absolute Gasteiger partial charge is 0.223 e. The summed E-state index contributed by atoms with van der Waals surface area (Å²) in [7, 11) is 0. The predicted octanol–water partition coefficient (Wildman–Crippen LogP) is 2.09. The largest absolute Gasteiger partial charge is 0.493 e. The number of benzene rings is 1. The Morgan fingerprint density at radius 3 is 2.75 bits per heavy atom. The number of carbonyl (C=O) groups is 1. The average Bonchev–Trinajstić information content (AvgIpc) is 2.47. The lowest BCUT2D eigenvalue weighted by Gasteiger charge is -2.28. The standard InChI is InChI=1S/C16H24N2O2/c17-15-9-5-4-6-13(15)12-18-16(19)10-11-20-14-7-2-1-3-8-14/h1-3,7-8,13,15H,4-6,9-12,17H2,(H,18,19). The summed E-state index contributed by atoms with van der Waals surface area (Å²) in [6.45, 7) is 1.11. The number of hydrogen-bond acceptors (Lipinski definition) is 3. The predicted molar refractivity (Wildman–Crippen MR) is 79.5 cm³/mol. The Hall–Kier alpha value is -1.55. The van der Waals surface area contributed by atoms with Crippen LogP contribution in [0.25, 0.3) is 0 Å². The molecular formula is C16H24N2O2. The molecule has 3 N–H and O–H groups in total. The number of nitrogens with two attached hydrogens (primary N) is 1. The third kappa shape index (κ3) is 4.85. The van der Waals surface area contributed by atoms with Crippen molar-refractivity contribution in [3.63, 3.8) is 0 Å². The Balaban J connectivity index is 1.60. The van der Waals surface area contributed by atoms with E-state index in [2.05, 4.69) is 5.32 Å². The van der Waals surface area contributed by atoms with Gasteiger partial charge in [0, 0.05) is 12.6 Å². The topological polar surface area (TPSA) is 64.3 Å². The molecule has 1 fully saturated rings. The summed E-state index contributed by atoms with van der Waals surface area (Å²) in [6, 6.07) is 9.79. The lowest BCUT2D eigenvalue weighted by atomic mass is 9.85. The number of carbonyl (C=O) groups excluding carboxylic acids is 1. The fraction of sp³-hybridized carbons (Fsp3) is 0.562. The second-order valence-corrected chi connectivity index (χ2v) is 5.42. The van der Waals surface area contributed by atoms with Gasteiger partial charge in [-0.2, -0.15) is 0 Å². The Bertz CT molecular complexity index is 408. The van der Waals surface area contributed by atoms with Crippen LogP contribution >= 0.6 is 0 Å². The Kier molecular flexibility index (Phi) is 5.87. The second-order valence-electron chi connectivity index (χ2n) is 5.42. The molecule has 1 aromatic carbocycles. The Morgan fingerprint density at radius 2 is 2.00 bits per heavy atom. The van der Waals surface area contributed by atoms with Crippen LogP contribution < -0.4 is 15.8 Å². The van der Waals surface area contributed by atoms with Gasteiger partial charge in [-0.3, -0.25) is 4.79 Å². The molecule has 1 saturated carbocycles. The van der Waals surface area contributed by atoms with Gasteiger partial charge in [-0.05, 0) is 30.9 Å². The highest BCUT2D eigenvalue weighted by Crippen LogP contribution is 2.22. The molecule has 4 heteroatoms. The summed E-state index contributed by atoms with van der Waals surface area (Å²) in [5.74, 6) is 1.27. The summed E-state index contributed by atoms with van der Waals surface area (Å²) in [4.78, 5) is 11.8. The number of para-hydroxylation sites is 1. The summed E-state index contributed by atoms with van der Waals surface area (Å²) in [5, 5.41) is 2.97. The zero-order chi connectivity index (χ0) is 14.2. The first kappa shape index (κ1) is 14.9. The van der Waals surface area contributed by atoms with Crippen molar-refractivity contribution >= 4 is 5.91 Å². The second kappa shape index (κ2) is 7.90. The fourth-order valence-corrected chi connectivity index (χ4v) is 2.60. The number of nitrogens with one attached hydrogen (secondary N) is 1. The van der Waals surface area contributed by atoms with Gasteiger partial charge in [0.2, 0.25) is 5.91 Å². The van der Waals surface area contributed by atoms with Crippen molar-refractivity contribution in [1.29, 1.82) is 0 Å². The average molecular weight is 276 g/mol. The van der Waals surface area contributed by atoms with E-state index in [1.807, 2.05) is 30.3 Å². The van der Waals surface area contributed by atoms with Gasteiger partial charge in [-0.1, -0.05) is 31.0 Å². The number of ether oxygens (including phenoxy) is 1. The zero-order valence-electron chi connectivity index (χ0n) is 11.9. The molecule has 0 spiro atoms. The summed E-state index contributed by atoms with van der Waals surface area (Å²) in [6.07, 6.45) is 5.04. The van der Waals surface area contributed by atoms with Gasteiger partial charge in [-0.25, -0.2) is 0 Å². The molecule has 110 valence electrons. The number of amides is 1. The fourth-order valence-electron chi connectivity index (χ4n) is 2.60. The molecule has 1 aromatic rings. The highest BCUT2D eigenvalue weighted by Gasteiger charge is 2.21. The van der Waals surface area contributed by atoms with E-state index >= 15 is 0 Å². The minimum Gasteiger partial charge on any atom is -0.493 e. The maximum Gasteiger partial charge on any atom is 0.223 e. The molecule has 2 unspecified atom stereocenters. The molecule has 0 saturated heterocycles. The quantitative estimate of drug-likeness (QED) is 0.836. The van der Waals surface area contributed by atoms with Crippen LogP contribution in [0, 0.1) is 5.92 Å². The van der Waals surface area contributed by atoms with E-state index in [0.29, 0.717) is 25.5 Å². The first-order valence-corrected chi connectivity index (χ1v) is 7.46. The minimum atomic E-state index is 0.0405. The van der Waals surface area contributed by atoms with E-state index in [0.717, 1.165) is 18.6 Å². The van der Waals surface area contributed by atoms with Crippen LogP contribution in [0.15, 0.2) is 30.3 Å². The lowest BCUT2D eigenvalue weighted by molar-refractivity contribution is -0.121. The molecular weight excluding hydrogens is 252 g/mol. The van der Waals surface area contributed by atoms with Crippen LogP contribution in [-0.2, 0) is 4.79 Å². The van der Waals surface area contributed by atoms with E-state index in [4.69, 9.17) is 10.5 Å². The summed E-state index contributed by atoms with van der Waals surface area (Å²) >= 11 is 0. The van der Waals surface area contributed by atoms with Gasteiger partial charge < -0.3 is 15.8 Å². The van der Waals surface area contributed by atoms with Gasteiger partial charge in [0.15, 0.2) is 0 Å². The number of rotatable bonds is 6. The molecule has 1 amide bonds. The highest BCUT2D eigenvalue weighted by molar-refractivity contribution is 5.75. The lowest BCUT2D eigenvalue weighted by Crippen LogP contribution is -2.41. The van der Waals surface area contributed by atoms with Gasteiger partial charge >= 0.3 is 0 Å². The van der Waals surface area contributed by atoms with Crippen molar-refractivity contribution in [2.24, 2.45) is 11.7 Å². The van der Waals surface area contributed by atoms with Crippen molar-refractivity contribution in [2.45, 2.75) is 38.1 Å². The van der Waals surface area contributed by atoms with Crippen LogP contribution in [0.5, 0.6) is 5.75 Å². The molecule has 0 radical (unpaired) electrons. The Labute approximate surface area is 120 Å². The van der Waals surface area contributed by atoms with Crippen molar-refractivity contribution in [3.05, 3.63) is 30.3 Å². The third-order valence-corrected chi connectivity index (χ3v) is 3.87. The first-order valence-electron chi connectivity index (χ1n) is 7.46. The van der Waals surface area contributed by atoms with E-state index in [-0.39, 0.29) is 11.9 Å². The molecule has 0 bridgehead atoms. The van der Waals surface area contributed by atoms with E-state index in [1.54, 1.807) is 0 Å². The van der Waals surface area contributed by atoms with Crippen molar-refractivity contribution in [3.8, 4) is 5.75 Å². The molecule has 2 atom stereocenters. The molecule has 20 heavy (non-hydrogen) atoms. The summed E-state index contributed by atoms with van der Waals surface area (Å²) < 4.78 is 5.50. The third-order valence-electron chi connectivity index (χ3n) is 3.87. The molecule has 1 aliphatic rings. The molecule has 4 nitrogen and oxygen atoms in total. The summed E-state index contributed by atoms with van der Waals surface area (Å²) in [5.41, 5.74) is 6.07. The molecule has 0 heterocycles. The van der Waals surface area contributed by atoms with Gasteiger partial charge in [0.05, 0.1) is 13.0 Å². The van der Waals surface area contributed by atoms with Crippen LogP contribution in [-0.4, -0.2) is 25.1 Å². The van der Waals surface area contributed by atoms with Crippen molar-refractivity contribution in [1.82, 2.24) is 5.32 Å². The first-order chi connectivity index (χ1) is 9.75. The minimum absolute atomic E-state index is 0.0405. The van der Waals surface area contributed by atoms with Gasteiger partial charge in [-0.15, -0.1) is 0 Å². The monoisotopic (exact) mass is 276 g/mol. The zero-order valence-corrected chi connectivity index (χ0v) is 11.9. The van der Waals surface area contributed by atoms with E-state index in [1.165, 1.54) is 12.8 Å². The van der Waals surface area contributed by atoms with Crippen LogP contribution in [0.2, 0.25) is 0 Å². The number of hydrogen-bond donors (Lipinski definition) is 2. The normalized spacial score (nSPS) is 22.2. The molecule has 2 rings (SSSR count). The van der Waals surface area contributed by atoms with Crippen molar-refractivity contribution in [2.75, 3.05) is 13.2 Å². The van der Waals surface area contributed by atoms with Crippen LogP contribution in [0.4, 0.5) is 0 Å². The van der Waals surface area contributed by atoms with Gasteiger partial charge in [0.1, 0.15) is 5.75 Å². The van der Waals surface area contributed by atoms with Gasteiger partial charge in [0.25, 0.3) is 0 Å². The van der Waals surface area contributed by atoms with Crippen LogP contribution in [0.1, 0.15) is 32.1 Å². The molecule has 0 aliphatic heterocycles. The molecule has 0 aromatic heterocycles. The van der Waals surface area contributed by atoms with E-state index in [9.17, 15) is 4.79 Å². The maximum atomic E-state index is 11.8.